The summed E-state index contributed by atoms with van der Waals surface area (Å²) in [7, 11) is 0. The molecule has 0 fully saturated rings. The standard InChI is InChI=1S/C14H11ClF2N6O/c15-10-3-1-9(2-4-10)7-22-8-18-14(21-22)19-12(24)11-5-6-23(20-11)13(16)17/h1-6,8,13H,7H2,(H,19,21,24). The molecule has 124 valence electrons. The molecule has 24 heavy (non-hydrogen) atoms. The van der Waals surface area contributed by atoms with Gasteiger partial charge in [0, 0.05) is 11.2 Å². The summed E-state index contributed by atoms with van der Waals surface area (Å²) in [5, 5.41) is 10.6. The number of rotatable bonds is 5. The number of aromatic nitrogens is 5. The number of anilines is 1. The van der Waals surface area contributed by atoms with Crippen molar-refractivity contribution in [3.05, 3.63) is 59.1 Å². The Morgan fingerprint density at radius 2 is 1.96 bits per heavy atom. The number of nitrogens with zero attached hydrogens (tertiary/aromatic N) is 5. The Kier molecular flexibility index (Phi) is 4.52. The molecule has 0 saturated heterocycles. The fraction of sp³-hybridized carbons (Fsp3) is 0.143. The molecule has 0 aliphatic carbocycles. The quantitative estimate of drug-likeness (QED) is 0.766. The molecule has 3 rings (SSSR count). The van der Waals surface area contributed by atoms with Crippen LogP contribution in [0.3, 0.4) is 0 Å². The van der Waals surface area contributed by atoms with Crippen molar-refractivity contribution < 1.29 is 13.6 Å². The van der Waals surface area contributed by atoms with Crippen molar-refractivity contribution in [1.82, 2.24) is 24.5 Å². The second kappa shape index (κ2) is 6.75. The lowest BCUT2D eigenvalue weighted by atomic mass is 10.2. The van der Waals surface area contributed by atoms with E-state index in [2.05, 4.69) is 20.5 Å². The largest absolute Gasteiger partial charge is 0.333 e. The Balaban J connectivity index is 1.64. The van der Waals surface area contributed by atoms with E-state index >= 15 is 0 Å². The maximum atomic E-state index is 12.4. The number of benzene rings is 1. The highest BCUT2D eigenvalue weighted by Gasteiger charge is 2.15. The summed E-state index contributed by atoms with van der Waals surface area (Å²) in [6, 6.07) is 8.40. The van der Waals surface area contributed by atoms with E-state index in [1.807, 2.05) is 12.1 Å². The highest BCUT2D eigenvalue weighted by Crippen LogP contribution is 2.12. The highest BCUT2D eigenvalue weighted by molar-refractivity contribution is 6.30. The number of hydrogen-bond donors (Lipinski definition) is 1. The summed E-state index contributed by atoms with van der Waals surface area (Å²) in [5.41, 5.74) is 0.808. The Labute approximate surface area is 139 Å². The molecule has 10 heteroatoms. The summed E-state index contributed by atoms with van der Waals surface area (Å²) in [6.45, 7) is -2.36. The summed E-state index contributed by atoms with van der Waals surface area (Å²) in [5.74, 6) is -0.612. The first kappa shape index (κ1) is 16.1. The van der Waals surface area contributed by atoms with E-state index in [0.717, 1.165) is 11.8 Å². The molecule has 0 spiro atoms. The Hall–Kier alpha value is -2.81. The molecule has 2 aromatic heterocycles. The second-order valence-corrected chi connectivity index (χ2v) is 5.24. The van der Waals surface area contributed by atoms with Gasteiger partial charge in [0.25, 0.3) is 5.91 Å². The van der Waals surface area contributed by atoms with E-state index in [-0.39, 0.29) is 11.6 Å². The molecule has 2 heterocycles. The third-order valence-corrected chi connectivity index (χ3v) is 3.31. The van der Waals surface area contributed by atoms with Crippen LogP contribution < -0.4 is 5.32 Å². The molecule has 0 saturated carbocycles. The average Bonchev–Trinajstić information content (AvgIpc) is 3.19. The number of hydrogen-bond acceptors (Lipinski definition) is 4. The molecule has 0 bridgehead atoms. The molecular weight excluding hydrogens is 342 g/mol. The summed E-state index contributed by atoms with van der Waals surface area (Å²) >= 11 is 5.82. The van der Waals surface area contributed by atoms with Crippen LogP contribution in [0, 0.1) is 0 Å². The van der Waals surface area contributed by atoms with E-state index < -0.39 is 12.5 Å². The van der Waals surface area contributed by atoms with E-state index in [1.165, 1.54) is 17.1 Å². The second-order valence-electron chi connectivity index (χ2n) is 4.80. The predicted octanol–water partition coefficient (Wildman–Crippen LogP) is 2.82. The molecule has 0 atom stereocenters. The van der Waals surface area contributed by atoms with Crippen molar-refractivity contribution in [2.75, 3.05) is 5.32 Å². The van der Waals surface area contributed by atoms with Gasteiger partial charge in [-0.25, -0.2) is 14.3 Å². The zero-order valence-electron chi connectivity index (χ0n) is 12.1. The van der Waals surface area contributed by atoms with Crippen molar-refractivity contribution in [2.45, 2.75) is 13.1 Å². The van der Waals surface area contributed by atoms with E-state index in [0.29, 0.717) is 16.2 Å². The van der Waals surface area contributed by atoms with E-state index in [1.54, 1.807) is 12.1 Å². The lowest BCUT2D eigenvalue weighted by Crippen LogP contribution is -2.15. The third kappa shape index (κ3) is 3.74. The topological polar surface area (TPSA) is 77.6 Å². The number of halogens is 3. The number of nitrogens with one attached hydrogen (secondary N) is 1. The Morgan fingerprint density at radius 3 is 2.62 bits per heavy atom. The van der Waals surface area contributed by atoms with Crippen LogP contribution in [0.15, 0.2) is 42.9 Å². The van der Waals surface area contributed by atoms with Gasteiger partial charge < -0.3 is 0 Å². The van der Waals surface area contributed by atoms with Crippen LogP contribution in [0.25, 0.3) is 0 Å². The van der Waals surface area contributed by atoms with Gasteiger partial charge in [0.2, 0.25) is 5.95 Å². The van der Waals surface area contributed by atoms with Gasteiger partial charge >= 0.3 is 6.55 Å². The van der Waals surface area contributed by atoms with Gasteiger partial charge in [-0.1, -0.05) is 23.7 Å². The van der Waals surface area contributed by atoms with Crippen molar-refractivity contribution in [3.8, 4) is 0 Å². The van der Waals surface area contributed by atoms with Gasteiger partial charge in [-0.05, 0) is 23.8 Å². The smallest absolute Gasteiger partial charge is 0.288 e. The van der Waals surface area contributed by atoms with Crippen LogP contribution in [-0.2, 0) is 6.54 Å². The van der Waals surface area contributed by atoms with Crippen molar-refractivity contribution >= 4 is 23.5 Å². The number of amides is 1. The van der Waals surface area contributed by atoms with Crippen molar-refractivity contribution in [1.29, 1.82) is 0 Å². The maximum Gasteiger partial charge on any atom is 0.333 e. The van der Waals surface area contributed by atoms with Gasteiger partial charge in [-0.2, -0.15) is 13.9 Å². The number of carbonyl (C=O) groups is 1. The number of carbonyl (C=O) groups excluding carboxylic acids is 1. The molecule has 0 radical (unpaired) electrons. The van der Waals surface area contributed by atoms with Crippen LogP contribution in [0.5, 0.6) is 0 Å². The molecule has 0 aliphatic rings. The number of alkyl halides is 2. The van der Waals surface area contributed by atoms with Crippen LogP contribution >= 0.6 is 11.6 Å². The van der Waals surface area contributed by atoms with Crippen LogP contribution in [0.2, 0.25) is 5.02 Å². The van der Waals surface area contributed by atoms with Crippen molar-refractivity contribution in [3.63, 3.8) is 0 Å². The van der Waals surface area contributed by atoms with Crippen LogP contribution in [-0.4, -0.2) is 30.5 Å². The zero-order chi connectivity index (χ0) is 17.1. The fourth-order valence-corrected chi connectivity index (χ4v) is 2.06. The van der Waals surface area contributed by atoms with Gasteiger partial charge in [0.15, 0.2) is 5.69 Å². The first-order chi connectivity index (χ1) is 11.5. The van der Waals surface area contributed by atoms with Gasteiger partial charge in [-0.15, -0.1) is 5.10 Å². The SMILES string of the molecule is O=C(Nc1ncn(Cc2ccc(Cl)cc2)n1)c1ccn(C(F)F)n1. The van der Waals surface area contributed by atoms with Crippen LogP contribution in [0.1, 0.15) is 22.6 Å². The molecule has 1 N–H and O–H groups in total. The van der Waals surface area contributed by atoms with Gasteiger partial charge in [-0.3, -0.25) is 10.1 Å². The molecular formula is C14H11ClF2N6O. The normalized spacial score (nSPS) is 11.0. The summed E-state index contributed by atoms with van der Waals surface area (Å²) < 4.78 is 26.8. The van der Waals surface area contributed by atoms with Gasteiger partial charge in [0.1, 0.15) is 6.33 Å². The predicted molar refractivity (Wildman–Crippen MR) is 82.0 cm³/mol. The molecule has 3 aromatic rings. The lowest BCUT2D eigenvalue weighted by molar-refractivity contribution is 0.0561. The highest BCUT2D eigenvalue weighted by atomic mass is 35.5. The minimum atomic E-state index is -2.80. The molecule has 1 aromatic carbocycles. The Morgan fingerprint density at radius 1 is 1.21 bits per heavy atom. The summed E-state index contributed by atoms with van der Waals surface area (Å²) in [4.78, 5) is 15.9. The first-order valence-electron chi connectivity index (χ1n) is 6.80. The summed E-state index contributed by atoms with van der Waals surface area (Å²) in [6.07, 6.45) is 2.47. The van der Waals surface area contributed by atoms with Gasteiger partial charge in [0.05, 0.1) is 6.54 Å². The van der Waals surface area contributed by atoms with E-state index in [4.69, 9.17) is 11.6 Å². The average molecular weight is 353 g/mol. The zero-order valence-corrected chi connectivity index (χ0v) is 12.9. The maximum absolute atomic E-state index is 12.4. The van der Waals surface area contributed by atoms with E-state index in [9.17, 15) is 13.6 Å². The fourth-order valence-electron chi connectivity index (χ4n) is 1.94. The molecule has 1 amide bonds. The Bertz CT molecular complexity index is 845. The third-order valence-electron chi connectivity index (χ3n) is 3.06. The first-order valence-corrected chi connectivity index (χ1v) is 7.17. The van der Waals surface area contributed by atoms with Crippen LogP contribution in [0.4, 0.5) is 14.7 Å². The van der Waals surface area contributed by atoms with Crippen molar-refractivity contribution in [2.24, 2.45) is 0 Å². The molecule has 0 aliphatic heterocycles. The molecule has 0 unspecified atom stereocenters. The monoisotopic (exact) mass is 352 g/mol. The molecule has 7 nitrogen and oxygen atoms in total. The minimum Gasteiger partial charge on any atom is -0.288 e. The lowest BCUT2D eigenvalue weighted by Gasteiger charge is -2.01. The minimum absolute atomic E-state index is 0.0561.